The van der Waals surface area contributed by atoms with E-state index in [-0.39, 0.29) is 24.5 Å². The van der Waals surface area contributed by atoms with Crippen molar-refractivity contribution in [1.29, 1.82) is 0 Å². The van der Waals surface area contributed by atoms with E-state index in [0.717, 1.165) is 18.4 Å². The van der Waals surface area contributed by atoms with Gasteiger partial charge in [-0.3, -0.25) is 4.79 Å². The van der Waals surface area contributed by atoms with Crippen molar-refractivity contribution in [2.45, 2.75) is 57.2 Å². The molecule has 1 atom stereocenters. The summed E-state index contributed by atoms with van der Waals surface area (Å²) in [5, 5.41) is 11.4. The maximum absolute atomic E-state index is 12.1. The first-order chi connectivity index (χ1) is 13.2. The molecule has 1 aliphatic rings. The van der Waals surface area contributed by atoms with E-state index in [0.29, 0.717) is 22.6 Å². The average Bonchev–Trinajstić information content (AvgIpc) is 3.32. The highest BCUT2D eigenvalue weighted by Gasteiger charge is 2.17. The fourth-order valence-electron chi connectivity index (χ4n) is 2.81. The molecular weight excluding hydrogens is 366 g/mol. The van der Waals surface area contributed by atoms with Gasteiger partial charge in [0, 0.05) is 11.6 Å². The van der Waals surface area contributed by atoms with Gasteiger partial charge in [0.1, 0.15) is 0 Å². The molecule has 2 heterocycles. The molecule has 0 saturated carbocycles. The quantitative estimate of drug-likeness (QED) is 0.483. The van der Waals surface area contributed by atoms with Crippen molar-refractivity contribution in [3.8, 4) is 23.0 Å². The van der Waals surface area contributed by atoms with E-state index in [2.05, 4.69) is 22.4 Å². The van der Waals surface area contributed by atoms with Crippen molar-refractivity contribution in [3.05, 3.63) is 18.2 Å². The fourth-order valence-corrected chi connectivity index (χ4v) is 3.38. The van der Waals surface area contributed by atoms with Crippen LogP contribution in [-0.4, -0.2) is 34.7 Å². The van der Waals surface area contributed by atoms with Crippen LogP contribution in [0, 0.1) is 0 Å². The number of thioether (sulfide) groups is 1. The first-order valence-corrected chi connectivity index (χ1v) is 10.3. The zero-order chi connectivity index (χ0) is 19.1. The average molecular weight is 391 g/mol. The molecule has 7 nitrogen and oxygen atoms in total. The summed E-state index contributed by atoms with van der Waals surface area (Å²) in [4.78, 5) is 12.1. The molecule has 8 heteroatoms. The monoisotopic (exact) mass is 391 g/mol. The van der Waals surface area contributed by atoms with E-state index >= 15 is 0 Å². The van der Waals surface area contributed by atoms with Crippen LogP contribution in [0.3, 0.4) is 0 Å². The molecule has 0 fully saturated rings. The molecule has 146 valence electrons. The fraction of sp³-hybridized carbons (Fsp3) is 0.526. The summed E-state index contributed by atoms with van der Waals surface area (Å²) in [7, 11) is 0. The maximum atomic E-state index is 12.1. The first kappa shape index (κ1) is 19.5. The topological polar surface area (TPSA) is 86.5 Å². The lowest BCUT2D eigenvalue weighted by molar-refractivity contribution is -0.119. The number of fused-ring (bicyclic) bond motifs is 1. The van der Waals surface area contributed by atoms with Gasteiger partial charge in [-0.25, -0.2) is 0 Å². The molecule has 1 aliphatic heterocycles. The van der Waals surface area contributed by atoms with Gasteiger partial charge in [-0.05, 0) is 31.5 Å². The molecule has 1 amide bonds. The second-order valence-corrected chi connectivity index (χ2v) is 7.47. The molecule has 27 heavy (non-hydrogen) atoms. The van der Waals surface area contributed by atoms with E-state index in [1.54, 1.807) is 6.07 Å². The van der Waals surface area contributed by atoms with Crippen LogP contribution in [0.4, 0.5) is 0 Å². The highest BCUT2D eigenvalue weighted by atomic mass is 32.2. The third-order valence-corrected chi connectivity index (χ3v) is 5.07. The van der Waals surface area contributed by atoms with Gasteiger partial charge < -0.3 is 19.2 Å². The SMILES string of the molecule is CCCCCC[C@@H](C)NC(=O)CSc1nnc(-c2ccc3c(c2)OCO3)o1. The lowest BCUT2D eigenvalue weighted by Crippen LogP contribution is -2.33. The van der Waals surface area contributed by atoms with Crippen LogP contribution < -0.4 is 14.8 Å². The zero-order valence-corrected chi connectivity index (χ0v) is 16.5. The molecule has 0 unspecified atom stereocenters. The second-order valence-electron chi connectivity index (χ2n) is 6.55. The van der Waals surface area contributed by atoms with Crippen molar-refractivity contribution in [3.63, 3.8) is 0 Å². The van der Waals surface area contributed by atoms with E-state index in [1.165, 1.54) is 31.0 Å². The predicted molar refractivity (Wildman–Crippen MR) is 103 cm³/mol. The minimum Gasteiger partial charge on any atom is -0.454 e. The van der Waals surface area contributed by atoms with Crippen molar-refractivity contribution in [2.24, 2.45) is 0 Å². The third-order valence-electron chi connectivity index (χ3n) is 4.25. The molecule has 0 radical (unpaired) electrons. The van der Waals surface area contributed by atoms with E-state index < -0.39 is 0 Å². The Morgan fingerprint density at radius 3 is 2.93 bits per heavy atom. The summed E-state index contributed by atoms with van der Waals surface area (Å²) in [6.45, 7) is 4.45. The standard InChI is InChI=1S/C19H25N3O4S/c1-3-4-5-6-7-13(2)20-17(23)11-27-19-22-21-18(26-19)14-8-9-15-16(10-14)25-12-24-15/h8-10,13H,3-7,11-12H2,1-2H3,(H,20,23)/t13-/m1/s1. The number of ether oxygens (including phenoxy) is 2. The van der Waals surface area contributed by atoms with Crippen LogP contribution in [0.2, 0.25) is 0 Å². The normalized spacial score (nSPS) is 13.6. The van der Waals surface area contributed by atoms with Crippen LogP contribution in [0.1, 0.15) is 46.0 Å². The highest BCUT2D eigenvalue weighted by molar-refractivity contribution is 7.99. The van der Waals surface area contributed by atoms with Crippen molar-refractivity contribution in [1.82, 2.24) is 15.5 Å². The van der Waals surface area contributed by atoms with Gasteiger partial charge in [-0.15, -0.1) is 10.2 Å². The number of nitrogens with zero attached hydrogens (tertiary/aromatic N) is 2. The smallest absolute Gasteiger partial charge is 0.277 e. The Labute approximate surface area is 163 Å². The number of carbonyl (C=O) groups is 1. The van der Waals surface area contributed by atoms with Crippen LogP contribution >= 0.6 is 11.8 Å². The third kappa shape index (κ3) is 5.63. The number of hydrogen-bond acceptors (Lipinski definition) is 7. The number of nitrogens with one attached hydrogen (secondary N) is 1. The van der Waals surface area contributed by atoms with E-state index in [4.69, 9.17) is 13.9 Å². The summed E-state index contributed by atoms with van der Waals surface area (Å²) in [5.41, 5.74) is 0.753. The number of rotatable bonds is 10. The van der Waals surface area contributed by atoms with Crippen LogP contribution in [0.15, 0.2) is 27.8 Å². The maximum Gasteiger partial charge on any atom is 0.277 e. The number of benzene rings is 1. The Morgan fingerprint density at radius 2 is 2.07 bits per heavy atom. The first-order valence-electron chi connectivity index (χ1n) is 9.31. The molecule has 3 rings (SSSR count). The lowest BCUT2D eigenvalue weighted by atomic mass is 10.1. The number of hydrogen-bond donors (Lipinski definition) is 1. The Kier molecular flexibility index (Phi) is 6.98. The Morgan fingerprint density at radius 1 is 1.22 bits per heavy atom. The number of amides is 1. The Hall–Kier alpha value is -2.22. The van der Waals surface area contributed by atoms with Crippen LogP contribution in [-0.2, 0) is 4.79 Å². The summed E-state index contributed by atoms with van der Waals surface area (Å²) in [5.74, 6) is 1.98. The van der Waals surface area contributed by atoms with Crippen molar-refractivity contribution < 1.29 is 18.7 Å². The molecule has 0 aliphatic carbocycles. The summed E-state index contributed by atoms with van der Waals surface area (Å²) in [6.07, 6.45) is 5.83. The number of carbonyl (C=O) groups excluding carboxylic acids is 1. The van der Waals surface area contributed by atoms with Crippen LogP contribution in [0.25, 0.3) is 11.5 Å². The van der Waals surface area contributed by atoms with Crippen LogP contribution in [0.5, 0.6) is 11.5 Å². The largest absolute Gasteiger partial charge is 0.454 e. The van der Waals surface area contributed by atoms with Crippen molar-refractivity contribution in [2.75, 3.05) is 12.5 Å². The van der Waals surface area contributed by atoms with Gasteiger partial charge in [0.05, 0.1) is 5.75 Å². The van der Waals surface area contributed by atoms with Gasteiger partial charge in [0.2, 0.25) is 18.6 Å². The summed E-state index contributed by atoms with van der Waals surface area (Å²) in [6, 6.07) is 5.63. The summed E-state index contributed by atoms with van der Waals surface area (Å²) < 4.78 is 16.3. The van der Waals surface area contributed by atoms with Gasteiger partial charge in [0.25, 0.3) is 5.22 Å². The van der Waals surface area contributed by atoms with Gasteiger partial charge in [-0.1, -0.05) is 44.4 Å². The van der Waals surface area contributed by atoms with Crippen molar-refractivity contribution >= 4 is 17.7 Å². The predicted octanol–water partition coefficient (Wildman–Crippen LogP) is 4.03. The number of aromatic nitrogens is 2. The molecule has 1 aromatic heterocycles. The molecule has 2 aromatic rings. The molecule has 0 saturated heterocycles. The minimum atomic E-state index is -0.0224. The summed E-state index contributed by atoms with van der Waals surface area (Å²) >= 11 is 1.24. The molecule has 0 bridgehead atoms. The Balaban J connectivity index is 1.45. The number of unbranched alkanes of at least 4 members (excludes halogenated alkanes) is 3. The van der Waals surface area contributed by atoms with E-state index in [9.17, 15) is 4.79 Å². The second kappa shape index (κ2) is 9.64. The van der Waals surface area contributed by atoms with Gasteiger partial charge in [-0.2, -0.15) is 0 Å². The molecule has 1 N–H and O–H groups in total. The highest BCUT2D eigenvalue weighted by Crippen LogP contribution is 2.35. The molecule has 0 spiro atoms. The Bertz CT molecular complexity index is 765. The lowest BCUT2D eigenvalue weighted by Gasteiger charge is -2.13. The minimum absolute atomic E-state index is 0.0224. The van der Waals surface area contributed by atoms with Gasteiger partial charge >= 0.3 is 0 Å². The zero-order valence-electron chi connectivity index (χ0n) is 15.7. The van der Waals surface area contributed by atoms with Gasteiger partial charge in [0.15, 0.2) is 11.5 Å². The van der Waals surface area contributed by atoms with E-state index in [1.807, 2.05) is 19.1 Å². The molecule has 1 aromatic carbocycles. The molecular formula is C19H25N3O4S.